The number of carbonyl (C=O) groups excluding carboxylic acids is 1. The van der Waals surface area contributed by atoms with Crippen LogP contribution in [0.2, 0.25) is 5.15 Å². The van der Waals surface area contributed by atoms with Crippen molar-refractivity contribution in [2.75, 3.05) is 13.6 Å². The minimum Gasteiger partial charge on any atom is -0.340 e. The van der Waals surface area contributed by atoms with Crippen molar-refractivity contribution < 1.29 is 4.79 Å². The Labute approximate surface area is 101 Å². The van der Waals surface area contributed by atoms with E-state index in [4.69, 9.17) is 11.6 Å². The Balaban J connectivity index is 2.67. The molecule has 1 heterocycles. The van der Waals surface area contributed by atoms with Gasteiger partial charge in [-0.3, -0.25) is 4.79 Å². The molecule has 0 N–H and O–H groups in total. The summed E-state index contributed by atoms with van der Waals surface area (Å²) in [5.41, 5.74) is 0.329. The predicted molar refractivity (Wildman–Crippen MR) is 63.5 cm³/mol. The zero-order chi connectivity index (χ0) is 12.1. The molecule has 0 aliphatic carbocycles. The SMILES string of the molecule is CCC(C)CN(C)C(=O)c1ccc(Cl)nn1. The van der Waals surface area contributed by atoms with Gasteiger partial charge in [0.1, 0.15) is 0 Å². The highest BCUT2D eigenvalue weighted by Gasteiger charge is 2.15. The summed E-state index contributed by atoms with van der Waals surface area (Å²) in [6.45, 7) is 4.93. The van der Waals surface area contributed by atoms with Crippen LogP contribution in [0.5, 0.6) is 0 Å². The van der Waals surface area contributed by atoms with E-state index >= 15 is 0 Å². The van der Waals surface area contributed by atoms with Crippen LogP contribution in [0.4, 0.5) is 0 Å². The lowest BCUT2D eigenvalue weighted by Crippen LogP contribution is -2.31. The van der Waals surface area contributed by atoms with Crippen LogP contribution < -0.4 is 0 Å². The van der Waals surface area contributed by atoms with E-state index in [0.29, 0.717) is 16.8 Å². The Bertz CT molecular complexity index is 353. The number of rotatable bonds is 4. The summed E-state index contributed by atoms with van der Waals surface area (Å²) < 4.78 is 0. The minimum absolute atomic E-state index is 0.121. The third kappa shape index (κ3) is 3.45. The fourth-order valence-corrected chi connectivity index (χ4v) is 1.41. The molecule has 1 aromatic heterocycles. The van der Waals surface area contributed by atoms with Gasteiger partial charge >= 0.3 is 0 Å². The van der Waals surface area contributed by atoms with Gasteiger partial charge in [0.05, 0.1) is 0 Å². The van der Waals surface area contributed by atoms with Crippen LogP contribution in [-0.4, -0.2) is 34.6 Å². The van der Waals surface area contributed by atoms with Crippen molar-refractivity contribution in [3.8, 4) is 0 Å². The van der Waals surface area contributed by atoms with Gasteiger partial charge in [-0.15, -0.1) is 10.2 Å². The molecule has 88 valence electrons. The lowest BCUT2D eigenvalue weighted by Gasteiger charge is -2.20. The van der Waals surface area contributed by atoms with Crippen molar-refractivity contribution in [2.24, 2.45) is 5.92 Å². The van der Waals surface area contributed by atoms with Crippen LogP contribution in [0, 0.1) is 5.92 Å². The van der Waals surface area contributed by atoms with E-state index in [1.807, 2.05) is 0 Å². The number of nitrogens with zero attached hydrogens (tertiary/aromatic N) is 3. The van der Waals surface area contributed by atoms with Crippen molar-refractivity contribution in [1.29, 1.82) is 0 Å². The van der Waals surface area contributed by atoms with Gasteiger partial charge in [0.2, 0.25) is 0 Å². The van der Waals surface area contributed by atoms with Crippen molar-refractivity contribution in [2.45, 2.75) is 20.3 Å². The van der Waals surface area contributed by atoms with E-state index in [1.54, 1.807) is 24.1 Å². The Hall–Kier alpha value is -1.16. The molecule has 0 fully saturated rings. The van der Waals surface area contributed by atoms with Crippen molar-refractivity contribution in [1.82, 2.24) is 15.1 Å². The summed E-state index contributed by atoms with van der Waals surface area (Å²) in [7, 11) is 1.77. The molecule has 0 aliphatic rings. The van der Waals surface area contributed by atoms with Crippen LogP contribution in [0.25, 0.3) is 0 Å². The number of aromatic nitrogens is 2. The predicted octanol–water partition coefficient (Wildman–Crippen LogP) is 2.25. The van der Waals surface area contributed by atoms with Gasteiger partial charge < -0.3 is 4.90 Å². The first kappa shape index (κ1) is 12.9. The van der Waals surface area contributed by atoms with Crippen LogP contribution in [0.15, 0.2) is 12.1 Å². The summed E-state index contributed by atoms with van der Waals surface area (Å²) in [6, 6.07) is 3.16. The lowest BCUT2D eigenvalue weighted by atomic mass is 10.1. The van der Waals surface area contributed by atoms with E-state index in [1.165, 1.54) is 0 Å². The van der Waals surface area contributed by atoms with E-state index in [-0.39, 0.29) is 5.91 Å². The second-order valence-corrected chi connectivity index (χ2v) is 4.33. The van der Waals surface area contributed by atoms with Crippen LogP contribution >= 0.6 is 11.6 Å². The summed E-state index contributed by atoms with van der Waals surface area (Å²) >= 11 is 5.60. The molecule has 1 atom stereocenters. The monoisotopic (exact) mass is 241 g/mol. The Kier molecular flexibility index (Phi) is 4.68. The molecule has 0 spiro atoms. The molecule has 16 heavy (non-hydrogen) atoms. The number of carbonyl (C=O) groups is 1. The molecule has 0 saturated heterocycles. The summed E-state index contributed by atoms with van der Waals surface area (Å²) in [5, 5.41) is 7.70. The highest BCUT2D eigenvalue weighted by Crippen LogP contribution is 2.07. The molecule has 4 nitrogen and oxygen atoms in total. The Morgan fingerprint density at radius 2 is 2.19 bits per heavy atom. The van der Waals surface area contributed by atoms with E-state index in [9.17, 15) is 4.79 Å². The maximum absolute atomic E-state index is 11.9. The number of halogens is 1. The average Bonchev–Trinajstić information content (AvgIpc) is 2.28. The maximum Gasteiger partial charge on any atom is 0.274 e. The molecule has 1 amide bonds. The van der Waals surface area contributed by atoms with Crippen LogP contribution in [0.3, 0.4) is 0 Å². The zero-order valence-electron chi connectivity index (χ0n) is 9.77. The van der Waals surface area contributed by atoms with Gasteiger partial charge in [-0.1, -0.05) is 31.9 Å². The molecule has 1 unspecified atom stereocenters. The molecule has 1 rings (SSSR count). The molecule has 0 aliphatic heterocycles. The van der Waals surface area contributed by atoms with E-state index < -0.39 is 0 Å². The van der Waals surface area contributed by atoms with Crippen LogP contribution in [0.1, 0.15) is 30.8 Å². The molecular formula is C11H16ClN3O. The lowest BCUT2D eigenvalue weighted by molar-refractivity contribution is 0.0768. The second kappa shape index (κ2) is 5.80. The first-order chi connectivity index (χ1) is 7.54. The highest BCUT2D eigenvalue weighted by molar-refractivity contribution is 6.29. The first-order valence-corrected chi connectivity index (χ1v) is 5.67. The van der Waals surface area contributed by atoms with Gasteiger partial charge in [-0.05, 0) is 18.1 Å². The maximum atomic E-state index is 11.9. The number of amides is 1. The van der Waals surface area contributed by atoms with Crippen LogP contribution in [-0.2, 0) is 0 Å². The smallest absolute Gasteiger partial charge is 0.274 e. The van der Waals surface area contributed by atoms with Gasteiger partial charge in [0, 0.05) is 13.6 Å². The second-order valence-electron chi connectivity index (χ2n) is 3.94. The number of hydrogen-bond acceptors (Lipinski definition) is 3. The molecule has 0 aromatic carbocycles. The standard InChI is InChI=1S/C11H16ClN3O/c1-4-8(2)7-15(3)11(16)9-5-6-10(12)14-13-9/h5-6,8H,4,7H2,1-3H3. The van der Waals surface area contributed by atoms with Gasteiger partial charge in [0.15, 0.2) is 10.8 Å². The summed E-state index contributed by atoms with van der Waals surface area (Å²) in [5.74, 6) is 0.360. The van der Waals surface area contributed by atoms with Gasteiger partial charge in [0.25, 0.3) is 5.91 Å². The molecule has 5 heteroatoms. The molecule has 0 bridgehead atoms. The van der Waals surface area contributed by atoms with Crippen molar-refractivity contribution in [3.05, 3.63) is 23.0 Å². The normalized spacial score (nSPS) is 12.2. The molecular weight excluding hydrogens is 226 g/mol. The summed E-state index contributed by atoms with van der Waals surface area (Å²) in [4.78, 5) is 13.5. The minimum atomic E-state index is -0.121. The summed E-state index contributed by atoms with van der Waals surface area (Å²) in [6.07, 6.45) is 1.05. The van der Waals surface area contributed by atoms with Crippen molar-refractivity contribution >= 4 is 17.5 Å². The third-order valence-corrected chi connectivity index (χ3v) is 2.68. The molecule has 0 radical (unpaired) electrons. The number of hydrogen-bond donors (Lipinski definition) is 0. The molecule has 0 saturated carbocycles. The average molecular weight is 242 g/mol. The van der Waals surface area contributed by atoms with Gasteiger partial charge in [-0.2, -0.15) is 0 Å². The fourth-order valence-electron chi connectivity index (χ4n) is 1.31. The molecule has 1 aromatic rings. The quantitative estimate of drug-likeness (QED) is 0.812. The Morgan fingerprint density at radius 1 is 1.50 bits per heavy atom. The highest BCUT2D eigenvalue weighted by atomic mass is 35.5. The fraction of sp³-hybridized carbons (Fsp3) is 0.545. The zero-order valence-corrected chi connectivity index (χ0v) is 10.5. The third-order valence-electron chi connectivity index (χ3n) is 2.48. The van der Waals surface area contributed by atoms with Crippen molar-refractivity contribution in [3.63, 3.8) is 0 Å². The van der Waals surface area contributed by atoms with Gasteiger partial charge in [-0.25, -0.2) is 0 Å². The Morgan fingerprint density at radius 3 is 2.69 bits per heavy atom. The van der Waals surface area contributed by atoms with E-state index in [0.717, 1.165) is 13.0 Å². The van der Waals surface area contributed by atoms with E-state index in [2.05, 4.69) is 24.0 Å². The topological polar surface area (TPSA) is 46.1 Å². The first-order valence-electron chi connectivity index (χ1n) is 5.29. The largest absolute Gasteiger partial charge is 0.340 e.